The zero-order valence-electron chi connectivity index (χ0n) is 33.8. The van der Waals surface area contributed by atoms with E-state index in [0.717, 1.165) is 5.39 Å². The fourth-order valence-corrected chi connectivity index (χ4v) is 6.61. The second-order valence-electron chi connectivity index (χ2n) is 10.8. The molecule has 8 aromatic carbocycles. The Labute approximate surface area is 275 Å². The summed E-state index contributed by atoms with van der Waals surface area (Å²) in [4.78, 5) is 0. The van der Waals surface area contributed by atoms with E-state index in [0.29, 0.717) is 77.0 Å². The second kappa shape index (κ2) is 10.4. The number of hydrogen-bond acceptors (Lipinski definition) is 1. The lowest BCUT2D eigenvalue weighted by molar-refractivity contribution is 0.669. The third-order valence-corrected chi connectivity index (χ3v) is 8.44. The molecule has 0 saturated carbocycles. The Morgan fingerprint density at radius 1 is 0.356 bits per heavy atom. The first-order chi connectivity index (χ1) is 26.5. The molecule has 0 radical (unpaired) electrons. The SMILES string of the molecule is [2H]c1ccc(-c2c([2H])c([2H])c([2H])c([2H])c2-c2c3ccccc3c(-c3c(-c4c([2H])c([2H])c([2H])c([2H])c4[2H])ccc4oc5ccccc5c34)c3ccccc23)cc1. The van der Waals surface area contributed by atoms with Crippen LogP contribution in [0.25, 0.3) is 88.0 Å². The molecule has 0 N–H and O–H groups in total. The monoisotopic (exact) mass is 582 g/mol. The Kier molecular flexibility index (Phi) is 4.01. The molecule has 1 heterocycles. The molecule has 1 heteroatoms. The molecule has 210 valence electrons. The van der Waals surface area contributed by atoms with E-state index in [-0.39, 0.29) is 47.9 Å². The molecule has 1 aromatic heterocycles. The minimum Gasteiger partial charge on any atom is -0.456 e. The number of furan rings is 1. The highest BCUT2D eigenvalue weighted by molar-refractivity contribution is 6.28. The first kappa shape index (κ1) is 17.4. The maximum Gasteiger partial charge on any atom is 0.136 e. The maximum atomic E-state index is 9.37. The van der Waals surface area contributed by atoms with Crippen LogP contribution in [-0.4, -0.2) is 0 Å². The fraction of sp³-hybridized carbons (Fsp3) is 0. The number of benzene rings is 8. The first-order valence-corrected chi connectivity index (χ1v) is 14.6. The molecule has 0 fully saturated rings. The summed E-state index contributed by atoms with van der Waals surface area (Å²) in [6, 6.07) is 29.9. The lowest BCUT2D eigenvalue weighted by Crippen LogP contribution is -1.94. The molecular formula is C44H28O. The van der Waals surface area contributed by atoms with E-state index in [1.165, 1.54) is 0 Å². The Hall–Kier alpha value is -5.92. The van der Waals surface area contributed by atoms with Crippen molar-refractivity contribution in [3.05, 3.63) is 170 Å². The molecule has 9 aromatic rings. The summed E-state index contributed by atoms with van der Waals surface area (Å²) >= 11 is 0. The van der Waals surface area contributed by atoms with Gasteiger partial charge in [0.2, 0.25) is 0 Å². The second-order valence-corrected chi connectivity index (χ2v) is 10.8. The largest absolute Gasteiger partial charge is 0.456 e. The van der Waals surface area contributed by atoms with E-state index in [1.54, 1.807) is 36.4 Å². The lowest BCUT2D eigenvalue weighted by atomic mass is 9.81. The van der Waals surface area contributed by atoms with Crippen molar-refractivity contribution in [3.63, 3.8) is 0 Å². The quantitative estimate of drug-likeness (QED) is 0.188. The van der Waals surface area contributed by atoms with Crippen molar-refractivity contribution >= 4 is 43.5 Å². The van der Waals surface area contributed by atoms with Gasteiger partial charge < -0.3 is 4.42 Å². The van der Waals surface area contributed by atoms with E-state index < -0.39 is 18.1 Å². The summed E-state index contributed by atoms with van der Waals surface area (Å²) < 4.78 is 94.0. The summed E-state index contributed by atoms with van der Waals surface area (Å²) in [6.07, 6.45) is 0. The molecule has 0 saturated heterocycles. The average molecular weight is 583 g/mol. The van der Waals surface area contributed by atoms with Gasteiger partial charge >= 0.3 is 0 Å². The molecule has 0 bridgehead atoms. The third-order valence-electron chi connectivity index (χ3n) is 8.44. The molecule has 9 rings (SSSR count). The summed E-state index contributed by atoms with van der Waals surface area (Å²) in [6.45, 7) is 0. The predicted octanol–water partition coefficient (Wildman–Crippen LogP) is 12.6. The Morgan fingerprint density at radius 3 is 1.62 bits per heavy atom. The van der Waals surface area contributed by atoms with Crippen LogP contribution in [-0.2, 0) is 0 Å². The van der Waals surface area contributed by atoms with Gasteiger partial charge in [0.05, 0.1) is 13.7 Å². The van der Waals surface area contributed by atoms with Crippen LogP contribution in [0.1, 0.15) is 13.7 Å². The number of hydrogen-bond donors (Lipinski definition) is 0. The van der Waals surface area contributed by atoms with Gasteiger partial charge in [-0.3, -0.25) is 0 Å². The Bertz CT molecular complexity index is 3010. The molecule has 0 aliphatic rings. The van der Waals surface area contributed by atoms with Crippen molar-refractivity contribution < 1.29 is 18.1 Å². The van der Waals surface area contributed by atoms with Crippen molar-refractivity contribution in [2.45, 2.75) is 0 Å². The van der Waals surface area contributed by atoms with Crippen LogP contribution in [0, 0.1) is 0 Å². The topological polar surface area (TPSA) is 13.1 Å². The minimum atomic E-state index is -0.490. The molecule has 1 nitrogen and oxygen atoms in total. The summed E-state index contributed by atoms with van der Waals surface area (Å²) in [5.41, 5.74) is 4.65. The molecule has 0 unspecified atom stereocenters. The summed E-state index contributed by atoms with van der Waals surface area (Å²) in [5, 5.41) is 4.25. The smallest absolute Gasteiger partial charge is 0.136 e. The van der Waals surface area contributed by atoms with E-state index >= 15 is 0 Å². The molecule has 0 atom stereocenters. The van der Waals surface area contributed by atoms with E-state index in [1.807, 2.05) is 72.8 Å². The van der Waals surface area contributed by atoms with Crippen LogP contribution >= 0.6 is 0 Å². The Morgan fingerprint density at radius 2 is 0.933 bits per heavy atom. The predicted molar refractivity (Wildman–Crippen MR) is 190 cm³/mol. The maximum absolute atomic E-state index is 9.37. The number of fused-ring (bicyclic) bond motifs is 5. The summed E-state index contributed by atoms with van der Waals surface area (Å²) in [7, 11) is 0. The van der Waals surface area contributed by atoms with Gasteiger partial charge in [-0.15, -0.1) is 0 Å². The van der Waals surface area contributed by atoms with E-state index in [2.05, 4.69) is 0 Å². The zero-order valence-corrected chi connectivity index (χ0v) is 23.8. The highest BCUT2D eigenvalue weighted by Crippen LogP contribution is 2.50. The number of para-hydroxylation sites is 1. The molecule has 0 aliphatic carbocycles. The highest BCUT2D eigenvalue weighted by atomic mass is 16.3. The van der Waals surface area contributed by atoms with Gasteiger partial charge in [-0.2, -0.15) is 0 Å². The van der Waals surface area contributed by atoms with E-state index in [9.17, 15) is 1.37 Å². The first-order valence-electron chi connectivity index (χ1n) is 19.6. The van der Waals surface area contributed by atoms with Gasteiger partial charge in [0.1, 0.15) is 11.2 Å². The van der Waals surface area contributed by atoms with E-state index in [4.69, 9.17) is 16.8 Å². The van der Waals surface area contributed by atoms with Crippen molar-refractivity contribution in [1.82, 2.24) is 0 Å². The van der Waals surface area contributed by atoms with Crippen LogP contribution in [0.3, 0.4) is 0 Å². The van der Waals surface area contributed by atoms with Crippen molar-refractivity contribution in [3.8, 4) is 44.5 Å². The summed E-state index contributed by atoms with van der Waals surface area (Å²) in [5.74, 6) is 0. The van der Waals surface area contributed by atoms with Gasteiger partial charge in [0.15, 0.2) is 0 Å². The normalized spacial score (nSPS) is 14.7. The van der Waals surface area contributed by atoms with Crippen LogP contribution in [0.4, 0.5) is 0 Å². The fourth-order valence-electron chi connectivity index (χ4n) is 6.61. The van der Waals surface area contributed by atoms with Gasteiger partial charge in [-0.05, 0) is 72.6 Å². The van der Waals surface area contributed by atoms with Crippen LogP contribution in [0.15, 0.2) is 174 Å². The molecule has 0 aliphatic heterocycles. The van der Waals surface area contributed by atoms with Crippen LogP contribution in [0.5, 0.6) is 0 Å². The Balaban J connectivity index is 1.52. The van der Waals surface area contributed by atoms with Crippen LogP contribution < -0.4 is 0 Å². The third kappa shape index (κ3) is 4.02. The highest BCUT2D eigenvalue weighted by Gasteiger charge is 2.24. The van der Waals surface area contributed by atoms with Crippen molar-refractivity contribution in [1.29, 1.82) is 0 Å². The van der Waals surface area contributed by atoms with Crippen LogP contribution in [0.2, 0.25) is 0 Å². The molecular weight excluding hydrogens is 544 g/mol. The van der Waals surface area contributed by atoms with Gasteiger partial charge in [-0.25, -0.2) is 0 Å². The molecule has 45 heavy (non-hydrogen) atoms. The average Bonchev–Trinajstić information content (AvgIpc) is 3.59. The van der Waals surface area contributed by atoms with Gasteiger partial charge in [-0.1, -0.05) is 157 Å². The van der Waals surface area contributed by atoms with Crippen molar-refractivity contribution in [2.24, 2.45) is 0 Å². The van der Waals surface area contributed by atoms with Gasteiger partial charge in [0, 0.05) is 16.3 Å². The minimum absolute atomic E-state index is 0.0442. The number of rotatable bonds is 4. The standard InChI is InChI=1S/C44H28O/c1-3-15-29(16-4-1)31-19-7-8-20-33(31)41-34-21-9-11-23-36(34)42(37-24-12-10-22-35(37)41)44-32(30-17-5-2-6-18-30)27-28-40-43(44)38-25-13-14-26-39(38)45-40/h1-28H/i1D,2D,5D,6D,7D,8D,17D,18D,19D,20D. The van der Waals surface area contributed by atoms with Crippen molar-refractivity contribution in [2.75, 3.05) is 0 Å². The zero-order chi connectivity index (χ0) is 38.4. The van der Waals surface area contributed by atoms with Gasteiger partial charge in [0.25, 0.3) is 0 Å². The lowest BCUT2D eigenvalue weighted by Gasteiger charge is -2.21. The molecule has 0 amide bonds. The molecule has 0 spiro atoms.